The van der Waals surface area contributed by atoms with Gasteiger partial charge in [-0.15, -0.1) is 0 Å². The molecule has 0 aromatic carbocycles. The van der Waals surface area contributed by atoms with E-state index in [2.05, 4.69) is 15.4 Å². The summed E-state index contributed by atoms with van der Waals surface area (Å²) < 4.78 is 2.01. The summed E-state index contributed by atoms with van der Waals surface area (Å²) in [7, 11) is 0. The summed E-state index contributed by atoms with van der Waals surface area (Å²) in [5, 5.41) is 8.06. The van der Waals surface area contributed by atoms with Crippen LogP contribution in [0.15, 0.2) is 6.33 Å². The van der Waals surface area contributed by atoms with Crippen LogP contribution in [0.2, 0.25) is 0 Å². The van der Waals surface area contributed by atoms with Crippen molar-refractivity contribution in [1.82, 2.24) is 20.1 Å². The van der Waals surface area contributed by atoms with Gasteiger partial charge < -0.3 is 5.32 Å². The lowest BCUT2D eigenvalue weighted by atomic mass is 10.1. The van der Waals surface area contributed by atoms with E-state index in [4.69, 9.17) is 0 Å². The van der Waals surface area contributed by atoms with Gasteiger partial charge in [0.1, 0.15) is 6.33 Å². The van der Waals surface area contributed by atoms with Crippen molar-refractivity contribution >= 4 is 0 Å². The quantitative estimate of drug-likeness (QED) is 0.810. The van der Waals surface area contributed by atoms with E-state index in [1.54, 1.807) is 0 Å². The first-order chi connectivity index (χ1) is 7.42. The average Bonchev–Trinajstić information content (AvgIpc) is 3.02. The molecule has 2 fully saturated rings. The second-order valence-electron chi connectivity index (χ2n) is 4.75. The maximum absolute atomic E-state index is 4.53. The molecule has 1 aliphatic heterocycles. The van der Waals surface area contributed by atoms with E-state index in [1.165, 1.54) is 32.1 Å². The zero-order chi connectivity index (χ0) is 10.1. The minimum Gasteiger partial charge on any atom is -0.312 e. The van der Waals surface area contributed by atoms with Gasteiger partial charge >= 0.3 is 0 Å². The lowest BCUT2D eigenvalue weighted by Gasteiger charge is -2.22. The van der Waals surface area contributed by atoms with Crippen LogP contribution in [0.1, 0.15) is 43.8 Å². The first-order valence-electron chi connectivity index (χ1n) is 6.04. The van der Waals surface area contributed by atoms with Crippen LogP contribution in [-0.2, 0) is 6.54 Å². The van der Waals surface area contributed by atoms with Crippen molar-refractivity contribution in [2.75, 3.05) is 6.54 Å². The monoisotopic (exact) mass is 206 g/mol. The van der Waals surface area contributed by atoms with Gasteiger partial charge in [-0.05, 0) is 32.2 Å². The fourth-order valence-electron chi connectivity index (χ4n) is 2.23. The number of hydrogen-bond donors (Lipinski definition) is 1. The zero-order valence-corrected chi connectivity index (χ0v) is 9.02. The van der Waals surface area contributed by atoms with Crippen LogP contribution in [0.5, 0.6) is 0 Å². The van der Waals surface area contributed by atoms with Crippen LogP contribution in [0.3, 0.4) is 0 Å². The summed E-state index contributed by atoms with van der Waals surface area (Å²) in [5.41, 5.74) is 0. The summed E-state index contributed by atoms with van der Waals surface area (Å²) in [4.78, 5) is 4.37. The Kier molecular flexibility index (Phi) is 2.44. The third kappa shape index (κ3) is 2.20. The smallest absolute Gasteiger partial charge is 0.153 e. The molecule has 82 valence electrons. The Morgan fingerprint density at radius 2 is 2.27 bits per heavy atom. The van der Waals surface area contributed by atoms with Gasteiger partial charge in [-0.1, -0.05) is 6.42 Å². The molecule has 0 amide bonds. The molecule has 3 rings (SSSR count). The molecule has 1 aromatic heterocycles. The largest absolute Gasteiger partial charge is 0.312 e. The van der Waals surface area contributed by atoms with Crippen molar-refractivity contribution in [3.8, 4) is 0 Å². The number of piperidine rings is 1. The highest BCUT2D eigenvalue weighted by molar-refractivity contribution is 5.02. The maximum Gasteiger partial charge on any atom is 0.153 e. The van der Waals surface area contributed by atoms with Crippen molar-refractivity contribution in [3.63, 3.8) is 0 Å². The average molecular weight is 206 g/mol. The minimum atomic E-state index is 0.604. The van der Waals surface area contributed by atoms with Crippen molar-refractivity contribution in [1.29, 1.82) is 0 Å². The van der Waals surface area contributed by atoms with Crippen molar-refractivity contribution in [3.05, 3.63) is 12.2 Å². The summed E-state index contributed by atoms with van der Waals surface area (Å²) >= 11 is 0. The summed E-state index contributed by atoms with van der Waals surface area (Å²) in [6.07, 6.45) is 8.41. The Bertz CT molecular complexity index is 323. The molecule has 1 saturated heterocycles. The molecule has 1 atom stereocenters. The second-order valence-corrected chi connectivity index (χ2v) is 4.75. The van der Waals surface area contributed by atoms with Crippen molar-refractivity contribution < 1.29 is 0 Å². The zero-order valence-electron chi connectivity index (χ0n) is 9.02. The van der Waals surface area contributed by atoms with E-state index in [-0.39, 0.29) is 0 Å². The minimum absolute atomic E-state index is 0.604. The van der Waals surface area contributed by atoms with E-state index in [1.807, 2.05) is 11.0 Å². The van der Waals surface area contributed by atoms with Crippen LogP contribution in [-0.4, -0.2) is 27.4 Å². The Hall–Kier alpha value is -0.900. The van der Waals surface area contributed by atoms with Gasteiger partial charge in [0.2, 0.25) is 0 Å². The lowest BCUT2D eigenvalue weighted by molar-refractivity contribution is 0.350. The molecule has 1 aromatic rings. The summed E-state index contributed by atoms with van der Waals surface area (Å²) in [6, 6.07) is 0.604. The number of rotatable bonds is 3. The van der Waals surface area contributed by atoms with Gasteiger partial charge in [-0.2, -0.15) is 5.10 Å². The SMILES string of the molecule is c1nc(C2CC2)nn1CC1CCCCN1. The Balaban J connectivity index is 1.60. The fraction of sp³-hybridized carbons (Fsp3) is 0.818. The Morgan fingerprint density at radius 3 is 3.00 bits per heavy atom. The van der Waals surface area contributed by atoms with Gasteiger partial charge in [0.15, 0.2) is 5.82 Å². The van der Waals surface area contributed by atoms with E-state index in [9.17, 15) is 0 Å². The topological polar surface area (TPSA) is 42.7 Å². The molecular weight excluding hydrogens is 188 g/mol. The molecule has 0 spiro atoms. The maximum atomic E-state index is 4.53. The predicted molar refractivity (Wildman–Crippen MR) is 57.6 cm³/mol. The standard InChI is InChI=1S/C11H18N4/c1-2-6-12-10(3-1)7-15-8-13-11(14-15)9-4-5-9/h8-10,12H,1-7H2. The van der Waals surface area contributed by atoms with Gasteiger partial charge in [0.25, 0.3) is 0 Å². The van der Waals surface area contributed by atoms with E-state index in [0.717, 1.165) is 18.9 Å². The van der Waals surface area contributed by atoms with E-state index >= 15 is 0 Å². The second kappa shape index (κ2) is 3.93. The molecule has 4 heteroatoms. The number of nitrogens with one attached hydrogen (secondary N) is 1. The molecule has 2 aliphatic rings. The third-order valence-electron chi connectivity index (χ3n) is 3.32. The molecule has 1 unspecified atom stereocenters. The normalized spacial score (nSPS) is 26.8. The van der Waals surface area contributed by atoms with Crippen LogP contribution in [0.25, 0.3) is 0 Å². The molecule has 15 heavy (non-hydrogen) atoms. The number of hydrogen-bond acceptors (Lipinski definition) is 3. The summed E-state index contributed by atoms with van der Waals surface area (Å²) in [5.74, 6) is 1.73. The summed E-state index contributed by atoms with van der Waals surface area (Å²) in [6.45, 7) is 2.15. The molecule has 1 aliphatic carbocycles. The Morgan fingerprint density at radius 1 is 1.33 bits per heavy atom. The van der Waals surface area contributed by atoms with Gasteiger partial charge in [0.05, 0.1) is 6.54 Å². The third-order valence-corrected chi connectivity index (χ3v) is 3.32. The fourth-order valence-corrected chi connectivity index (χ4v) is 2.23. The van der Waals surface area contributed by atoms with Crippen LogP contribution in [0.4, 0.5) is 0 Å². The molecule has 0 radical (unpaired) electrons. The lowest BCUT2D eigenvalue weighted by Crippen LogP contribution is -2.37. The van der Waals surface area contributed by atoms with Crippen LogP contribution < -0.4 is 5.32 Å². The highest BCUT2D eigenvalue weighted by Crippen LogP contribution is 2.37. The highest BCUT2D eigenvalue weighted by atomic mass is 15.3. The van der Waals surface area contributed by atoms with Crippen LogP contribution >= 0.6 is 0 Å². The predicted octanol–water partition coefficient (Wildman–Crippen LogP) is 1.30. The molecule has 1 saturated carbocycles. The molecule has 2 heterocycles. The molecule has 4 nitrogen and oxygen atoms in total. The number of aromatic nitrogens is 3. The highest BCUT2D eigenvalue weighted by Gasteiger charge is 2.27. The Labute approximate surface area is 90.1 Å². The first-order valence-corrected chi connectivity index (χ1v) is 6.04. The van der Waals surface area contributed by atoms with Gasteiger partial charge in [-0.3, -0.25) is 4.68 Å². The van der Waals surface area contributed by atoms with Gasteiger partial charge in [0, 0.05) is 12.0 Å². The number of nitrogens with zero attached hydrogens (tertiary/aromatic N) is 3. The van der Waals surface area contributed by atoms with E-state index < -0.39 is 0 Å². The van der Waals surface area contributed by atoms with Gasteiger partial charge in [-0.25, -0.2) is 4.98 Å². The molecule has 1 N–H and O–H groups in total. The first kappa shape index (κ1) is 9.33. The molecular formula is C11H18N4. The van der Waals surface area contributed by atoms with Crippen molar-refractivity contribution in [2.24, 2.45) is 0 Å². The van der Waals surface area contributed by atoms with Crippen molar-refractivity contribution in [2.45, 2.75) is 50.6 Å². The van der Waals surface area contributed by atoms with Crippen LogP contribution in [0, 0.1) is 0 Å². The molecule has 0 bridgehead atoms. The van der Waals surface area contributed by atoms with E-state index in [0.29, 0.717) is 12.0 Å².